The molecule has 0 aliphatic carbocycles. The first-order valence-corrected chi connectivity index (χ1v) is 8.52. The van der Waals surface area contributed by atoms with Gasteiger partial charge in [-0.2, -0.15) is 0 Å². The number of rotatable bonds is 4. The molecule has 0 saturated heterocycles. The lowest BCUT2D eigenvalue weighted by molar-refractivity contribution is 0.0692. The summed E-state index contributed by atoms with van der Waals surface area (Å²) in [5, 5.41) is 8.97. The predicted octanol–water partition coefficient (Wildman–Crippen LogP) is 3.20. The molecule has 1 N–H and O–H groups in total. The highest BCUT2D eigenvalue weighted by Crippen LogP contribution is 2.27. The second-order valence-corrected chi connectivity index (χ2v) is 7.20. The number of carbonyl (C=O) groups is 2. The molecule has 0 radical (unpaired) electrons. The van der Waals surface area contributed by atoms with Gasteiger partial charge in [0.05, 0.1) is 10.6 Å². The van der Waals surface area contributed by atoms with Gasteiger partial charge in [0.25, 0.3) is 9.05 Å². The Morgan fingerprint density at radius 1 is 1.00 bits per heavy atom. The van der Waals surface area contributed by atoms with Crippen LogP contribution >= 0.6 is 22.3 Å². The van der Waals surface area contributed by atoms with Gasteiger partial charge in [-0.15, -0.1) is 0 Å². The quantitative estimate of drug-likeness (QED) is 0.669. The van der Waals surface area contributed by atoms with Gasteiger partial charge in [0.2, 0.25) is 0 Å². The predicted molar refractivity (Wildman–Crippen MR) is 81.3 cm³/mol. The van der Waals surface area contributed by atoms with Gasteiger partial charge in [-0.1, -0.05) is 29.8 Å². The summed E-state index contributed by atoms with van der Waals surface area (Å²) in [5.74, 6) is -1.90. The summed E-state index contributed by atoms with van der Waals surface area (Å²) in [5.41, 5.74) is -0.273. The molecular formula is C14H8Cl2O5S. The summed E-state index contributed by atoms with van der Waals surface area (Å²) in [6, 6.07) is 9.15. The first-order chi connectivity index (χ1) is 10.2. The fraction of sp³-hybridized carbons (Fsp3) is 0. The smallest absolute Gasteiger partial charge is 0.336 e. The third-order valence-corrected chi connectivity index (χ3v) is 4.66. The lowest BCUT2D eigenvalue weighted by Gasteiger charge is -2.07. The number of aromatic carboxylic acids is 1. The molecule has 0 unspecified atom stereocenters. The number of carbonyl (C=O) groups excluding carboxylic acids is 1. The van der Waals surface area contributed by atoms with Gasteiger partial charge >= 0.3 is 5.97 Å². The Labute approximate surface area is 135 Å². The van der Waals surface area contributed by atoms with E-state index in [0.717, 1.165) is 6.07 Å². The summed E-state index contributed by atoms with van der Waals surface area (Å²) in [6.07, 6.45) is 0. The second-order valence-electron chi connectivity index (χ2n) is 4.26. The Hall–Kier alpha value is -1.89. The number of benzene rings is 2. The normalized spacial score (nSPS) is 11.2. The van der Waals surface area contributed by atoms with Crippen LogP contribution in [0.5, 0.6) is 0 Å². The molecule has 22 heavy (non-hydrogen) atoms. The highest BCUT2D eigenvalue weighted by Gasteiger charge is 2.21. The van der Waals surface area contributed by atoms with E-state index in [9.17, 15) is 18.0 Å². The Balaban J connectivity index is 2.59. The van der Waals surface area contributed by atoms with E-state index < -0.39 is 25.7 Å². The van der Waals surface area contributed by atoms with Crippen LogP contribution in [0.3, 0.4) is 0 Å². The molecule has 0 amide bonds. The zero-order valence-corrected chi connectivity index (χ0v) is 13.1. The summed E-state index contributed by atoms with van der Waals surface area (Å²) < 4.78 is 22.8. The van der Waals surface area contributed by atoms with Gasteiger partial charge in [0.1, 0.15) is 4.90 Å². The number of hydrogen-bond donors (Lipinski definition) is 1. The molecule has 0 saturated carbocycles. The van der Waals surface area contributed by atoms with Crippen molar-refractivity contribution >= 4 is 43.1 Å². The largest absolute Gasteiger partial charge is 0.478 e. The van der Waals surface area contributed by atoms with E-state index in [-0.39, 0.29) is 21.7 Å². The van der Waals surface area contributed by atoms with E-state index in [1.54, 1.807) is 0 Å². The topological polar surface area (TPSA) is 88.5 Å². The SMILES string of the molecule is O=C(O)c1ccccc1C(=O)c1ccc(Cl)c(S(=O)(=O)Cl)c1. The van der Waals surface area contributed by atoms with Crippen molar-refractivity contribution in [1.82, 2.24) is 0 Å². The van der Waals surface area contributed by atoms with Gasteiger partial charge in [0.15, 0.2) is 5.78 Å². The van der Waals surface area contributed by atoms with Gasteiger partial charge < -0.3 is 5.11 Å². The van der Waals surface area contributed by atoms with Crippen LogP contribution in [0, 0.1) is 0 Å². The number of ketones is 1. The lowest BCUT2D eigenvalue weighted by atomic mass is 9.98. The maximum Gasteiger partial charge on any atom is 0.336 e. The molecule has 0 fully saturated rings. The highest BCUT2D eigenvalue weighted by molar-refractivity contribution is 8.13. The van der Waals surface area contributed by atoms with Crippen LogP contribution in [-0.2, 0) is 9.05 Å². The third kappa shape index (κ3) is 3.30. The molecule has 114 valence electrons. The van der Waals surface area contributed by atoms with Gasteiger partial charge in [-0.25, -0.2) is 13.2 Å². The zero-order chi connectivity index (χ0) is 16.5. The minimum absolute atomic E-state index is 0.0303. The van der Waals surface area contributed by atoms with Crippen molar-refractivity contribution in [2.75, 3.05) is 0 Å². The Kier molecular flexibility index (Phi) is 4.55. The standard InChI is InChI=1S/C14H8Cl2O5S/c15-11-6-5-8(7-12(11)22(16,20)21)13(17)9-3-1-2-4-10(9)14(18)19/h1-7H,(H,18,19). The molecule has 0 spiro atoms. The van der Waals surface area contributed by atoms with E-state index in [1.807, 2.05) is 0 Å². The van der Waals surface area contributed by atoms with Crippen LogP contribution < -0.4 is 0 Å². The first-order valence-electron chi connectivity index (χ1n) is 5.83. The Bertz CT molecular complexity index is 875. The maximum atomic E-state index is 12.4. The van der Waals surface area contributed by atoms with Crippen LogP contribution in [0.15, 0.2) is 47.4 Å². The average Bonchev–Trinajstić information content (AvgIpc) is 2.45. The minimum Gasteiger partial charge on any atom is -0.478 e. The minimum atomic E-state index is -4.13. The van der Waals surface area contributed by atoms with Crippen molar-refractivity contribution in [2.24, 2.45) is 0 Å². The molecular weight excluding hydrogens is 351 g/mol. The lowest BCUT2D eigenvalue weighted by Crippen LogP contribution is -2.10. The molecule has 2 aromatic rings. The van der Waals surface area contributed by atoms with Crippen molar-refractivity contribution < 1.29 is 23.1 Å². The van der Waals surface area contributed by atoms with E-state index in [0.29, 0.717) is 0 Å². The number of carboxylic acids is 1. The molecule has 0 aromatic heterocycles. The molecule has 2 aromatic carbocycles. The van der Waals surface area contributed by atoms with Gasteiger partial charge in [-0.05, 0) is 24.3 Å². The summed E-state index contributed by atoms with van der Waals surface area (Å²) in [4.78, 5) is 23.2. The van der Waals surface area contributed by atoms with Crippen LogP contribution in [0.4, 0.5) is 0 Å². The average molecular weight is 359 g/mol. The molecule has 5 nitrogen and oxygen atoms in total. The first kappa shape index (κ1) is 16.5. The van der Waals surface area contributed by atoms with E-state index in [1.165, 1.54) is 36.4 Å². The van der Waals surface area contributed by atoms with Crippen LogP contribution in [0.1, 0.15) is 26.3 Å². The maximum absolute atomic E-state index is 12.4. The van der Waals surface area contributed by atoms with Crippen molar-refractivity contribution in [3.63, 3.8) is 0 Å². The van der Waals surface area contributed by atoms with Crippen LogP contribution in [0.2, 0.25) is 5.02 Å². The Morgan fingerprint density at radius 3 is 2.14 bits per heavy atom. The van der Waals surface area contributed by atoms with E-state index in [2.05, 4.69) is 0 Å². The van der Waals surface area contributed by atoms with Crippen molar-refractivity contribution in [1.29, 1.82) is 0 Å². The Morgan fingerprint density at radius 2 is 1.59 bits per heavy atom. The molecule has 8 heteroatoms. The molecule has 0 aliphatic rings. The van der Waals surface area contributed by atoms with Gasteiger partial charge in [-0.3, -0.25) is 4.79 Å². The van der Waals surface area contributed by atoms with E-state index >= 15 is 0 Å². The van der Waals surface area contributed by atoms with Crippen molar-refractivity contribution in [2.45, 2.75) is 4.90 Å². The van der Waals surface area contributed by atoms with Crippen molar-refractivity contribution in [3.8, 4) is 0 Å². The highest BCUT2D eigenvalue weighted by atomic mass is 35.7. The molecule has 0 atom stereocenters. The molecule has 0 heterocycles. The number of hydrogen-bond acceptors (Lipinski definition) is 4. The van der Waals surface area contributed by atoms with Gasteiger partial charge in [0, 0.05) is 21.8 Å². The van der Waals surface area contributed by atoms with Crippen LogP contribution in [-0.4, -0.2) is 25.3 Å². The second kappa shape index (κ2) is 6.08. The summed E-state index contributed by atoms with van der Waals surface area (Å²) in [6.45, 7) is 0. The van der Waals surface area contributed by atoms with Crippen molar-refractivity contribution in [3.05, 3.63) is 64.2 Å². The monoisotopic (exact) mass is 358 g/mol. The molecule has 0 bridgehead atoms. The number of halogens is 2. The van der Waals surface area contributed by atoms with E-state index in [4.69, 9.17) is 27.4 Å². The summed E-state index contributed by atoms with van der Waals surface area (Å²) in [7, 11) is 1.12. The fourth-order valence-corrected chi connectivity index (χ4v) is 3.35. The summed E-state index contributed by atoms with van der Waals surface area (Å²) >= 11 is 5.74. The zero-order valence-electron chi connectivity index (χ0n) is 10.8. The molecule has 2 rings (SSSR count). The fourth-order valence-electron chi connectivity index (χ4n) is 1.85. The molecule has 0 aliphatic heterocycles. The third-order valence-electron chi connectivity index (χ3n) is 2.86. The van der Waals surface area contributed by atoms with Crippen LogP contribution in [0.25, 0.3) is 0 Å². The number of carboxylic acid groups (broad SMARTS) is 1.